The van der Waals surface area contributed by atoms with Crippen LogP contribution in [0.1, 0.15) is 45.6 Å². The van der Waals surface area contributed by atoms with E-state index in [4.69, 9.17) is 16.3 Å². The fourth-order valence-corrected chi connectivity index (χ4v) is 2.87. The van der Waals surface area contributed by atoms with Crippen LogP contribution in [0.3, 0.4) is 0 Å². The molecule has 4 nitrogen and oxygen atoms in total. The summed E-state index contributed by atoms with van der Waals surface area (Å²) in [6.07, 6.45) is 4.64. The number of carbonyl (C=O) groups excluding carboxylic acids is 1. The minimum Gasteiger partial charge on any atom is -0.490 e. The van der Waals surface area contributed by atoms with Crippen LogP contribution < -0.4 is 4.74 Å². The maximum Gasteiger partial charge on any atom is 0.228 e. The number of halogens is 3. The molecule has 0 atom stereocenters. The second-order valence-corrected chi connectivity index (χ2v) is 6.06. The topological polar surface area (TPSA) is 32.8 Å². The van der Waals surface area contributed by atoms with Gasteiger partial charge in [0, 0.05) is 24.7 Å². The molecule has 27 heavy (non-hydrogen) atoms. The maximum atomic E-state index is 14.3. The van der Waals surface area contributed by atoms with Gasteiger partial charge < -0.3 is 4.74 Å². The zero-order valence-electron chi connectivity index (χ0n) is 16.1. The van der Waals surface area contributed by atoms with E-state index < -0.39 is 11.6 Å². The first-order valence-electron chi connectivity index (χ1n) is 9.08. The highest BCUT2D eigenvalue weighted by atomic mass is 35.5. The number of rotatable bonds is 7. The molecule has 1 aromatic carbocycles. The van der Waals surface area contributed by atoms with Crippen LogP contribution in [0.25, 0.3) is 5.57 Å². The smallest absolute Gasteiger partial charge is 0.228 e. The molecule has 1 fully saturated rings. The third kappa shape index (κ3) is 5.96. The van der Waals surface area contributed by atoms with Crippen LogP contribution >= 0.6 is 11.6 Å². The maximum absolute atomic E-state index is 14.3. The molecule has 0 radical (unpaired) electrons. The molecule has 150 valence electrons. The minimum absolute atomic E-state index is 0.0482. The summed E-state index contributed by atoms with van der Waals surface area (Å²) in [7, 11) is 0. The van der Waals surface area contributed by atoms with Crippen LogP contribution in [0.15, 0.2) is 29.9 Å². The molecule has 0 aliphatic carbocycles. The molecule has 2 rings (SSSR count). The number of allylic oxidation sites excluding steroid dienone is 1. The molecule has 0 spiro atoms. The Morgan fingerprint density at radius 1 is 1.26 bits per heavy atom. The summed E-state index contributed by atoms with van der Waals surface area (Å²) in [4.78, 5) is 11.2. The van der Waals surface area contributed by atoms with Gasteiger partial charge in [-0.1, -0.05) is 31.5 Å². The quantitative estimate of drug-likeness (QED) is 0.268. The number of nitrogens with zero attached hydrogens (tertiary/aromatic N) is 2. The number of ether oxygens (including phenoxy) is 1. The van der Waals surface area contributed by atoms with Gasteiger partial charge in [-0.25, -0.2) is 8.78 Å². The van der Waals surface area contributed by atoms with E-state index in [1.807, 2.05) is 13.8 Å². The highest BCUT2D eigenvalue weighted by Gasteiger charge is 2.23. The lowest BCUT2D eigenvalue weighted by Gasteiger charge is -2.37. The normalized spacial score (nSPS) is 14.7. The first kappa shape index (κ1) is 23.0. The highest BCUT2D eigenvalue weighted by Crippen LogP contribution is 2.32. The summed E-state index contributed by atoms with van der Waals surface area (Å²) < 4.78 is 33.5. The predicted molar refractivity (Wildman–Crippen MR) is 105 cm³/mol. The highest BCUT2D eigenvalue weighted by molar-refractivity contribution is 6.32. The standard InChI is InChI=1S/C18H21ClF2N2O2.C2H6/c1-3-4-9-25-17-10-14(15(20)11-16(17)21)13(2)18(19)23-8-6-5-7-22(23)12-24;1-2/h3,10-12H,1,4-9H2,2H3;1-2H3/b18-13+;. The average molecular weight is 401 g/mol. The van der Waals surface area contributed by atoms with Crippen molar-refractivity contribution in [3.05, 3.63) is 47.1 Å². The van der Waals surface area contributed by atoms with Crippen LogP contribution in [0.4, 0.5) is 8.78 Å². The van der Waals surface area contributed by atoms with Gasteiger partial charge in [-0.3, -0.25) is 14.8 Å². The van der Waals surface area contributed by atoms with Crippen LogP contribution in [-0.2, 0) is 4.79 Å². The van der Waals surface area contributed by atoms with Crippen molar-refractivity contribution in [3.63, 3.8) is 0 Å². The second-order valence-electron chi connectivity index (χ2n) is 5.70. The lowest BCUT2D eigenvalue weighted by Crippen LogP contribution is -2.44. The molecule has 0 saturated carbocycles. The number of hydrogen-bond donors (Lipinski definition) is 0. The molecule has 1 heterocycles. The van der Waals surface area contributed by atoms with Crippen molar-refractivity contribution in [3.8, 4) is 5.75 Å². The fraction of sp³-hybridized carbons (Fsp3) is 0.450. The summed E-state index contributed by atoms with van der Waals surface area (Å²) in [5.74, 6) is -1.56. The Labute approximate surface area is 165 Å². The van der Waals surface area contributed by atoms with E-state index in [2.05, 4.69) is 6.58 Å². The number of amides is 1. The zero-order valence-corrected chi connectivity index (χ0v) is 16.9. The number of hydrazine groups is 1. The molecule has 0 unspecified atom stereocenters. The third-order valence-corrected chi connectivity index (χ3v) is 4.46. The molecule has 1 aliphatic rings. The molecule has 1 amide bonds. The summed E-state index contributed by atoms with van der Waals surface area (Å²) in [6.45, 7) is 10.5. The molecule has 1 saturated heterocycles. The van der Waals surface area contributed by atoms with Gasteiger partial charge in [0.25, 0.3) is 0 Å². The van der Waals surface area contributed by atoms with E-state index >= 15 is 0 Å². The van der Waals surface area contributed by atoms with Crippen molar-refractivity contribution in [2.75, 3.05) is 19.7 Å². The third-order valence-electron chi connectivity index (χ3n) is 3.98. The number of hydrogen-bond acceptors (Lipinski definition) is 3. The van der Waals surface area contributed by atoms with Gasteiger partial charge in [0.1, 0.15) is 11.0 Å². The van der Waals surface area contributed by atoms with Crippen molar-refractivity contribution in [1.29, 1.82) is 0 Å². The van der Waals surface area contributed by atoms with Gasteiger partial charge in [0.05, 0.1) is 6.61 Å². The van der Waals surface area contributed by atoms with Gasteiger partial charge in [-0.2, -0.15) is 0 Å². The predicted octanol–water partition coefficient (Wildman–Crippen LogP) is 5.34. The Bertz CT molecular complexity index is 680. The SMILES string of the molecule is C=CCCOc1cc(/C(C)=C(\Cl)N2CCCCN2C=O)c(F)cc1F.CC. The van der Waals surface area contributed by atoms with Crippen LogP contribution in [0, 0.1) is 11.6 Å². The molecule has 1 aliphatic heterocycles. The summed E-state index contributed by atoms with van der Waals surface area (Å²) >= 11 is 6.40. The van der Waals surface area contributed by atoms with Crippen LogP contribution in [0.2, 0.25) is 0 Å². The van der Waals surface area contributed by atoms with E-state index in [0.717, 1.165) is 18.9 Å². The molecule has 7 heteroatoms. The van der Waals surface area contributed by atoms with Gasteiger partial charge in [0.15, 0.2) is 11.6 Å². The molecule has 0 bridgehead atoms. The lowest BCUT2D eigenvalue weighted by molar-refractivity contribution is -0.133. The first-order chi connectivity index (χ1) is 13.0. The molecule has 0 aromatic heterocycles. The molecule has 0 N–H and O–H groups in total. The van der Waals surface area contributed by atoms with Crippen LogP contribution in [-0.4, -0.2) is 36.1 Å². The Hall–Kier alpha value is -2.08. The Kier molecular flexibility index (Phi) is 9.86. The van der Waals surface area contributed by atoms with Gasteiger partial charge >= 0.3 is 0 Å². The lowest BCUT2D eigenvalue weighted by atomic mass is 10.1. The number of carbonyl (C=O) groups is 1. The van der Waals surface area contributed by atoms with Crippen molar-refractivity contribution < 1.29 is 18.3 Å². The van der Waals surface area contributed by atoms with Crippen molar-refractivity contribution in [2.45, 2.75) is 40.0 Å². The van der Waals surface area contributed by atoms with Crippen LogP contribution in [0.5, 0.6) is 5.75 Å². The first-order valence-corrected chi connectivity index (χ1v) is 9.46. The van der Waals surface area contributed by atoms with Gasteiger partial charge in [0.2, 0.25) is 6.41 Å². The van der Waals surface area contributed by atoms with E-state index in [9.17, 15) is 13.6 Å². The van der Waals surface area contributed by atoms with E-state index in [-0.39, 0.29) is 23.1 Å². The van der Waals surface area contributed by atoms with Gasteiger partial charge in [-0.05, 0) is 37.8 Å². The minimum atomic E-state index is -0.776. The Morgan fingerprint density at radius 3 is 2.56 bits per heavy atom. The average Bonchev–Trinajstić information content (AvgIpc) is 2.70. The van der Waals surface area contributed by atoms with Crippen molar-refractivity contribution >= 4 is 23.6 Å². The molecular formula is C20H27ClF2N2O2. The number of benzene rings is 1. The van der Waals surface area contributed by atoms with E-state index in [1.54, 1.807) is 18.0 Å². The summed E-state index contributed by atoms with van der Waals surface area (Å²) in [5, 5.41) is 3.29. The largest absolute Gasteiger partial charge is 0.490 e. The monoisotopic (exact) mass is 400 g/mol. The molecule has 1 aromatic rings. The van der Waals surface area contributed by atoms with Gasteiger partial charge in [-0.15, -0.1) is 6.58 Å². The van der Waals surface area contributed by atoms with Crippen molar-refractivity contribution in [1.82, 2.24) is 10.0 Å². The summed E-state index contributed by atoms with van der Waals surface area (Å²) in [5.41, 5.74) is 0.540. The zero-order chi connectivity index (χ0) is 20.4. The second kappa shape index (κ2) is 11.6. The summed E-state index contributed by atoms with van der Waals surface area (Å²) in [6, 6.07) is 2.07. The Morgan fingerprint density at radius 2 is 1.93 bits per heavy atom. The Balaban J connectivity index is 0.00000176. The molecular weight excluding hydrogens is 374 g/mol. The fourth-order valence-electron chi connectivity index (χ4n) is 2.59. The van der Waals surface area contributed by atoms with Crippen molar-refractivity contribution in [2.24, 2.45) is 0 Å². The van der Waals surface area contributed by atoms with E-state index in [1.165, 1.54) is 11.1 Å². The van der Waals surface area contributed by atoms with E-state index in [0.29, 0.717) is 31.5 Å².